The number of carbonyl (C=O) groups excluding carboxylic acids is 1. The standard InChI is InChI=1S/C5H8N2O2/c1-4-2-3-5(8)7(4)6-9/h4H,2-3H2,1H3. The molecule has 0 bridgehead atoms. The fourth-order valence-corrected chi connectivity index (χ4v) is 0.941. The summed E-state index contributed by atoms with van der Waals surface area (Å²) >= 11 is 0. The molecule has 4 heteroatoms. The summed E-state index contributed by atoms with van der Waals surface area (Å²) in [5, 5.41) is 3.58. The Kier molecular flexibility index (Phi) is 1.46. The minimum atomic E-state index is -0.155. The summed E-state index contributed by atoms with van der Waals surface area (Å²) in [6.07, 6.45) is 1.22. The van der Waals surface area contributed by atoms with E-state index in [0.717, 1.165) is 11.4 Å². The van der Waals surface area contributed by atoms with E-state index in [0.29, 0.717) is 6.42 Å². The van der Waals surface area contributed by atoms with Gasteiger partial charge in [0, 0.05) is 6.42 Å². The highest BCUT2D eigenvalue weighted by Gasteiger charge is 2.28. The third-order valence-corrected chi connectivity index (χ3v) is 1.54. The predicted octanol–water partition coefficient (Wildman–Crippen LogP) is 0.679. The molecule has 1 rings (SSSR count). The zero-order valence-electron chi connectivity index (χ0n) is 5.20. The number of nitrogens with zero attached hydrogens (tertiary/aromatic N) is 2. The van der Waals surface area contributed by atoms with Crippen molar-refractivity contribution in [3.63, 3.8) is 0 Å². The van der Waals surface area contributed by atoms with Crippen molar-refractivity contribution in [2.75, 3.05) is 0 Å². The molecule has 0 aromatic carbocycles. The zero-order chi connectivity index (χ0) is 6.85. The summed E-state index contributed by atoms with van der Waals surface area (Å²) in [7, 11) is 0. The average Bonchev–Trinajstić information content (AvgIpc) is 2.12. The van der Waals surface area contributed by atoms with Crippen LogP contribution in [0.4, 0.5) is 0 Å². The zero-order valence-corrected chi connectivity index (χ0v) is 5.20. The van der Waals surface area contributed by atoms with E-state index in [4.69, 9.17) is 0 Å². The summed E-state index contributed by atoms with van der Waals surface area (Å²) in [4.78, 5) is 20.5. The SMILES string of the molecule is CC1CCC(=O)N1N=O. The molecule has 9 heavy (non-hydrogen) atoms. The van der Waals surface area contributed by atoms with Gasteiger partial charge in [0.15, 0.2) is 0 Å². The van der Waals surface area contributed by atoms with Gasteiger partial charge in [-0.25, -0.2) is 0 Å². The van der Waals surface area contributed by atoms with E-state index in [-0.39, 0.29) is 11.9 Å². The molecule has 0 aromatic heterocycles. The fraction of sp³-hybridized carbons (Fsp3) is 0.800. The lowest BCUT2D eigenvalue weighted by molar-refractivity contribution is -0.128. The van der Waals surface area contributed by atoms with Crippen LogP contribution in [0.25, 0.3) is 0 Å². The first-order valence-electron chi connectivity index (χ1n) is 2.91. The Labute approximate surface area is 52.8 Å². The van der Waals surface area contributed by atoms with Crippen molar-refractivity contribution >= 4 is 5.91 Å². The van der Waals surface area contributed by atoms with Crippen LogP contribution in [0.2, 0.25) is 0 Å². The topological polar surface area (TPSA) is 49.7 Å². The highest BCUT2D eigenvalue weighted by molar-refractivity contribution is 5.78. The number of carbonyl (C=O) groups is 1. The van der Waals surface area contributed by atoms with Crippen LogP contribution in [0.1, 0.15) is 19.8 Å². The van der Waals surface area contributed by atoms with Crippen molar-refractivity contribution in [3.05, 3.63) is 4.91 Å². The van der Waals surface area contributed by atoms with Crippen LogP contribution in [0, 0.1) is 4.91 Å². The maximum absolute atomic E-state index is 10.6. The maximum Gasteiger partial charge on any atom is 0.245 e. The van der Waals surface area contributed by atoms with Crippen LogP contribution in [-0.2, 0) is 4.79 Å². The Hall–Kier alpha value is -0.930. The van der Waals surface area contributed by atoms with E-state index in [1.54, 1.807) is 0 Å². The fourth-order valence-electron chi connectivity index (χ4n) is 0.941. The monoisotopic (exact) mass is 128 g/mol. The number of nitroso groups, excluding NO2 is 1. The van der Waals surface area contributed by atoms with Gasteiger partial charge in [-0.2, -0.15) is 5.01 Å². The van der Waals surface area contributed by atoms with Crippen LogP contribution in [0.5, 0.6) is 0 Å². The van der Waals surface area contributed by atoms with Crippen molar-refractivity contribution in [1.82, 2.24) is 5.01 Å². The van der Waals surface area contributed by atoms with Gasteiger partial charge in [-0.3, -0.25) is 4.79 Å². The molecule has 0 aromatic rings. The first kappa shape index (κ1) is 6.19. The molecule has 1 aliphatic rings. The van der Waals surface area contributed by atoms with Crippen LogP contribution in [0.3, 0.4) is 0 Å². The van der Waals surface area contributed by atoms with Crippen LogP contribution in [-0.4, -0.2) is 17.0 Å². The van der Waals surface area contributed by atoms with Gasteiger partial charge in [-0.1, -0.05) is 0 Å². The normalized spacial score (nSPS) is 27.0. The van der Waals surface area contributed by atoms with Gasteiger partial charge in [-0.05, 0) is 13.3 Å². The Morgan fingerprint density at radius 1 is 1.78 bits per heavy atom. The largest absolute Gasteiger partial charge is 0.273 e. The quantitative estimate of drug-likeness (QED) is 0.487. The molecule has 1 aliphatic heterocycles. The summed E-state index contributed by atoms with van der Waals surface area (Å²) in [6.45, 7) is 1.81. The molecule has 0 aliphatic carbocycles. The smallest absolute Gasteiger partial charge is 0.245 e. The Bertz CT molecular complexity index is 146. The summed E-state index contributed by atoms with van der Waals surface area (Å²) in [6, 6.07) is 0.00926. The van der Waals surface area contributed by atoms with Crippen LogP contribution < -0.4 is 0 Å². The second-order valence-electron chi connectivity index (χ2n) is 2.21. The van der Waals surface area contributed by atoms with Gasteiger partial charge in [0.25, 0.3) is 0 Å². The third-order valence-electron chi connectivity index (χ3n) is 1.54. The average molecular weight is 128 g/mol. The van der Waals surface area contributed by atoms with Gasteiger partial charge in [0.05, 0.1) is 11.3 Å². The van der Waals surface area contributed by atoms with Crippen molar-refractivity contribution in [2.45, 2.75) is 25.8 Å². The number of amides is 1. The lowest BCUT2D eigenvalue weighted by Gasteiger charge is -2.08. The second kappa shape index (κ2) is 2.13. The van der Waals surface area contributed by atoms with E-state index >= 15 is 0 Å². The molecule has 1 amide bonds. The molecular weight excluding hydrogens is 120 g/mol. The van der Waals surface area contributed by atoms with Gasteiger partial charge >= 0.3 is 0 Å². The Morgan fingerprint density at radius 3 is 2.67 bits per heavy atom. The highest BCUT2D eigenvalue weighted by Crippen LogP contribution is 2.17. The first-order valence-corrected chi connectivity index (χ1v) is 2.91. The minimum absolute atomic E-state index is 0.00926. The molecule has 1 heterocycles. The number of hydrogen-bond donors (Lipinski definition) is 0. The third kappa shape index (κ3) is 0.918. The van der Waals surface area contributed by atoms with Crippen molar-refractivity contribution in [2.24, 2.45) is 5.29 Å². The van der Waals surface area contributed by atoms with E-state index in [2.05, 4.69) is 5.29 Å². The number of hydrogen-bond acceptors (Lipinski definition) is 3. The molecule has 0 spiro atoms. The van der Waals surface area contributed by atoms with E-state index in [1.165, 1.54) is 0 Å². The Morgan fingerprint density at radius 2 is 2.44 bits per heavy atom. The molecule has 1 atom stereocenters. The summed E-state index contributed by atoms with van der Waals surface area (Å²) < 4.78 is 0. The van der Waals surface area contributed by atoms with Crippen molar-refractivity contribution in [1.29, 1.82) is 0 Å². The lowest BCUT2D eigenvalue weighted by atomic mass is 10.3. The molecule has 50 valence electrons. The second-order valence-corrected chi connectivity index (χ2v) is 2.21. The van der Waals surface area contributed by atoms with E-state index < -0.39 is 0 Å². The van der Waals surface area contributed by atoms with Gasteiger partial charge < -0.3 is 0 Å². The van der Waals surface area contributed by atoms with Gasteiger partial charge in [-0.15, -0.1) is 4.91 Å². The molecular formula is C5H8N2O2. The molecule has 0 radical (unpaired) electrons. The van der Waals surface area contributed by atoms with Crippen LogP contribution in [0.15, 0.2) is 5.29 Å². The predicted molar refractivity (Wildman–Crippen MR) is 31.3 cm³/mol. The minimum Gasteiger partial charge on any atom is -0.273 e. The van der Waals surface area contributed by atoms with E-state index in [1.807, 2.05) is 6.92 Å². The number of rotatable bonds is 1. The van der Waals surface area contributed by atoms with Crippen LogP contribution >= 0.6 is 0 Å². The molecule has 1 saturated heterocycles. The highest BCUT2D eigenvalue weighted by atomic mass is 16.3. The molecule has 1 fully saturated rings. The molecule has 1 unspecified atom stereocenters. The van der Waals surface area contributed by atoms with Crippen molar-refractivity contribution in [3.8, 4) is 0 Å². The first-order chi connectivity index (χ1) is 4.25. The molecule has 4 nitrogen and oxygen atoms in total. The maximum atomic E-state index is 10.6. The molecule has 0 saturated carbocycles. The Balaban J connectivity index is 2.65. The summed E-state index contributed by atoms with van der Waals surface area (Å²) in [5.41, 5.74) is 0. The lowest BCUT2D eigenvalue weighted by Crippen LogP contribution is -2.24. The van der Waals surface area contributed by atoms with Crippen molar-refractivity contribution < 1.29 is 4.79 Å². The van der Waals surface area contributed by atoms with E-state index in [9.17, 15) is 9.70 Å². The molecule has 0 N–H and O–H groups in total. The van der Waals surface area contributed by atoms with Gasteiger partial charge in [0.1, 0.15) is 0 Å². The van der Waals surface area contributed by atoms with Gasteiger partial charge in [0.2, 0.25) is 5.91 Å². The summed E-state index contributed by atoms with van der Waals surface area (Å²) in [5.74, 6) is -0.155.